The SMILES string of the molecule is CCCCCC.[Li][CH2]C(C)C. The van der Waals surface area contributed by atoms with Gasteiger partial charge in [0.1, 0.15) is 0 Å². The molecule has 1 heteroatoms. The van der Waals surface area contributed by atoms with Gasteiger partial charge in [0.15, 0.2) is 0 Å². The molecule has 0 aliphatic rings. The van der Waals surface area contributed by atoms with E-state index in [4.69, 9.17) is 0 Å². The van der Waals surface area contributed by atoms with Gasteiger partial charge in [0.2, 0.25) is 0 Å². The third kappa shape index (κ3) is 25.0. The van der Waals surface area contributed by atoms with E-state index in [1.54, 1.807) is 0 Å². The molecule has 0 rings (SSSR count). The number of hydrogen-bond donors (Lipinski definition) is 0. The summed E-state index contributed by atoms with van der Waals surface area (Å²) in [6.45, 7) is 8.91. The van der Waals surface area contributed by atoms with Crippen LogP contribution in [0.1, 0.15) is 53.4 Å². The van der Waals surface area contributed by atoms with E-state index in [9.17, 15) is 0 Å². The van der Waals surface area contributed by atoms with E-state index in [2.05, 4.69) is 45.4 Å². The molecule has 0 spiro atoms. The normalized spacial score (nSPS) is 9.36. The Morgan fingerprint density at radius 3 is 1.36 bits per heavy atom. The summed E-state index contributed by atoms with van der Waals surface area (Å²) in [7, 11) is 0. The molecule has 0 atom stereocenters. The van der Waals surface area contributed by atoms with Crippen LogP contribution in [0.25, 0.3) is 0 Å². The first-order valence-electron chi connectivity index (χ1n) is 5.18. The van der Waals surface area contributed by atoms with Crippen molar-refractivity contribution in [1.29, 1.82) is 0 Å². The molecule has 0 radical (unpaired) electrons. The van der Waals surface area contributed by atoms with Crippen molar-refractivity contribution in [1.82, 2.24) is 0 Å². The van der Waals surface area contributed by atoms with Gasteiger partial charge in [-0.15, -0.1) is 0 Å². The molecule has 0 aromatic rings. The van der Waals surface area contributed by atoms with Crippen LogP contribution in [0.5, 0.6) is 0 Å². The molecule has 0 bridgehead atoms. The fourth-order valence-electron chi connectivity index (χ4n) is 0.500. The summed E-state index contributed by atoms with van der Waals surface area (Å²) in [4.78, 5) is 0. The van der Waals surface area contributed by atoms with Crippen LogP contribution in [-0.4, -0.2) is 17.7 Å². The Morgan fingerprint density at radius 1 is 1.00 bits per heavy atom. The van der Waals surface area contributed by atoms with Crippen LogP contribution in [0.4, 0.5) is 0 Å². The summed E-state index contributed by atoms with van der Waals surface area (Å²) in [6, 6.07) is 0. The van der Waals surface area contributed by atoms with Crippen molar-refractivity contribution < 1.29 is 0 Å². The van der Waals surface area contributed by atoms with E-state index in [0.717, 1.165) is 5.92 Å². The fraction of sp³-hybridized carbons (Fsp3) is 1.00. The van der Waals surface area contributed by atoms with Gasteiger partial charge in [0, 0.05) is 0 Å². The Hall–Kier alpha value is 0.597. The fourth-order valence-corrected chi connectivity index (χ4v) is 0.500. The van der Waals surface area contributed by atoms with Gasteiger partial charge in [0.05, 0.1) is 0 Å². The van der Waals surface area contributed by atoms with Gasteiger partial charge >= 0.3 is 42.6 Å². The minimum absolute atomic E-state index is 0.884. The zero-order valence-corrected chi connectivity index (χ0v) is 9.11. The molecule has 0 nitrogen and oxygen atoms in total. The predicted molar refractivity (Wildman–Crippen MR) is 55.2 cm³/mol. The second-order valence-electron chi connectivity index (χ2n) is 3.51. The maximum atomic E-state index is 2.23. The second kappa shape index (κ2) is 13.2. The first-order valence-corrected chi connectivity index (χ1v) is 5.18. The Bertz CT molecular complexity index is 46.8. The van der Waals surface area contributed by atoms with Gasteiger partial charge in [-0.25, -0.2) is 0 Å². The maximum absolute atomic E-state index is 2.23. The van der Waals surface area contributed by atoms with E-state index in [0.29, 0.717) is 0 Å². The summed E-state index contributed by atoms with van der Waals surface area (Å²) in [5.41, 5.74) is 0. The van der Waals surface area contributed by atoms with Crippen molar-refractivity contribution in [3.63, 3.8) is 0 Å². The average molecular weight is 150 g/mol. The van der Waals surface area contributed by atoms with E-state index in [-0.39, 0.29) is 0 Å². The van der Waals surface area contributed by atoms with Crippen molar-refractivity contribution in [2.75, 3.05) is 0 Å². The summed E-state index contributed by atoms with van der Waals surface area (Å²) in [5.74, 6) is 0.884. The third-order valence-electron chi connectivity index (χ3n) is 1.77. The average Bonchev–Trinajstić information content (AvgIpc) is 2.02. The molecule has 0 N–H and O–H groups in total. The molecule has 0 aromatic heterocycles. The van der Waals surface area contributed by atoms with E-state index < -0.39 is 0 Å². The third-order valence-corrected chi connectivity index (χ3v) is 1.77. The first kappa shape index (κ1) is 14.1. The Morgan fingerprint density at radius 2 is 1.27 bits per heavy atom. The van der Waals surface area contributed by atoms with Gasteiger partial charge in [-0.1, -0.05) is 39.5 Å². The van der Waals surface area contributed by atoms with Crippen molar-refractivity contribution in [2.24, 2.45) is 5.92 Å². The molecule has 0 aliphatic carbocycles. The molecule has 0 saturated carbocycles. The van der Waals surface area contributed by atoms with Crippen LogP contribution in [0, 0.1) is 5.92 Å². The van der Waals surface area contributed by atoms with Crippen molar-refractivity contribution >= 4 is 17.7 Å². The quantitative estimate of drug-likeness (QED) is 0.422. The standard InChI is InChI=1S/C6H14.C4H9.Li/c1-3-5-6-4-2;1-4(2)3;/h3-6H2,1-2H3;4H,1H2,2-3H3;. The molecule has 11 heavy (non-hydrogen) atoms. The molecule has 0 amide bonds. The van der Waals surface area contributed by atoms with Gasteiger partial charge < -0.3 is 0 Å². The van der Waals surface area contributed by atoms with Crippen molar-refractivity contribution in [3.05, 3.63) is 0 Å². The number of hydrogen-bond acceptors (Lipinski definition) is 0. The predicted octanol–water partition coefficient (Wildman–Crippen LogP) is 3.82. The van der Waals surface area contributed by atoms with Gasteiger partial charge in [-0.3, -0.25) is 0 Å². The van der Waals surface area contributed by atoms with Gasteiger partial charge in [-0.2, -0.15) is 0 Å². The molecule has 0 aliphatic heterocycles. The molecular formula is C10H23Li. The topological polar surface area (TPSA) is 0 Å². The summed E-state index contributed by atoms with van der Waals surface area (Å²) in [5, 5.41) is 1.31. The van der Waals surface area contributed by atoms with E-state index in [1.165, 1.54) is 30.8 Å². The van der Waals surface area contributed by atoms with E-state index >= 15 is 0 Å². The van der Waals surface area contributed by atoms with Crippen LogP contribution in [-0.2, 0) is 0 Å². The monoisotopic (exact) mass is 150 g/mol. The summed E-state index contributed by atoms with van der Waals surface area (Å²) >= 11 is 2.20. The van der Waals surface area contributed by atoms with Crippen LogP contribution >= 0.6 is 0 Å². The first-order chi connectivity index (χ1) is 5.18. The minimum atomic E-state index is 0.884. The van der Waals surface area contributed by atoms with Crippen molar-refractivity contribution in [3.8, 4) is 0 Å². The van der Waals surface area contributed by atoms with Gasteiger partial charge in [0.25, 0.3) is 0 Å². The Labute approximate surface area is 82.4 Å². The zero-order chi connectivity index (χ0) is 9.11. The van der Waals surface area contributed by atoms with E-state index in [1.807, 2.05) is 0 Å². The number of unbranched alkanes of at least 4 members (excludes halogenated alkanes) is 3. The summed E-state index contributed by atoms with van der Waals surface area (Å²) < 4.78 is 0. The van der Waals surface area contributed by atoms with Crippen LogP contribution in [0.15, 0.2) is 0 Å². The second-order valence-corrected chi connectivity index (χ2v) is 3.51. The molecule has 0 saturated heterocycles. The Kier molecular flexibility index (Phi) is 17.0. The molecular weight excluding hydrogens is 127 g/mol. The zero-order valence-electron chi connectivity index (χ0n) is 9.11. The van der Waals surface area contributed by atoms with Gasteiger partial charge in [-0.05, 0) is 0 Å². The molecule has 0 aromatic carbocycles. The van der Waals surface area contributed by atoms with Crippen LogP contribution in [0.3, 0.4) is 0 Å². The van der Waals surface area contributed by atoms with Crippen molar-refractivity contribution in [2.45, 2.75) is 58.5 Å². The summed E-state index contributed by atoms with van der Waals surface area (Å²) in [6.07, 6.45) is 5.54. The van der Waals surface area contributed by atoms with Crippen LogP contribution in [0.2, 0.25) is 5.09 Å². The number of rotatable bonds is 4. The molecule has 0 heterocycles. The van der Waals surface area contributed by atoms with Crippen LogP contribution < -0.4 is 0 Å². The Balaban J connectivity index is 0. The molecule has 0 unspecified atom stereocenters. The molecule has 64 valence electrons. The molecule has 0 fully saturated rings.